The summed E-state index contributed by atoms with van der Waals surface area (Å²) in [5.74, 6) is 0. The number of fused-ring (bicyclic) bond motifs is 3. The van der Waals surface area contributed by atoms with Gasteiger partial charge in [-0.3, -0.25) is 0 Å². The number of nitrogens with two attached hydrogens (primary N) is 1. The predicted molar refractivity (Wildman–Crippen MR) is 137 cm³/mol. The summed E-state index contributed by atoms with van der Waals surface area (Å²) in [4.78, 5) is 9.62. The van der Waals surface area contributed by atoms with Crippen LogP contribution in [0.5, 0.6) is 0 Å². The molecule has 3 aromatic heterocycles. The number of benzene rings is 2. The summed E-state index contributed by atoms with van der Waals surface area (Å²) in [5.41, 5.74) is 11.4. The van der Waals surface area contributed by atoms with E-state index < -0.39 is 23.9 Å². The summed E-state index contributed by atoms with van der Waals surface area (Å²) in [6.45, 7) is 1.43. The SMILES string of the molecule is Cc1cc2ncc3cc(-c4ccccc4)c(-c4ccc([C@]5(N)C[C@@](O)([C@H](O)CO)C5)cc4)nc3n2n1. The van der Waals surface area contributed by atoms with Crippen LogP contribution in [0.2, 0.25) is 0 Å². The van der Waals surface area contributed by atoms with E-state index in [0.717, 1.165) is 50.3 Å². The van der Waals surface area contributed by atoms with Crippen molar-refractivity contribution in [1.82, 2.24) is 19.6 Å². The van der Waals surface area contributed by atoms with Gasteiger partial charge >= 0.3 is 0 Å². The van der Waals surface area contributed by atoms with Gasteiger partial charge in [-0.1, -0.05) is 54.6 Å². The highest BCUT2D eigenvalue weighted by Gasteiger charge is 2.56. The number of aliphatic hydroxyl groups is 3. The number of hydrogen-bond acceptors (Lipinski definition) is 7. The molecule has 0 amide bonds. The first-order chi connectivity index (χ1) is 17.3. The van der Waals surface area contributed by atoms with Crippen LogP contribution in [0.25, 0.3) is 39.1 Å². The van der Waals surface area contributed by atoms with Crippen molar-refractivity contribution in [3.8, 4) is 22.4 Å². The van der Waals surface area contributed by atoms with Gasteiger partial charge in [-0.15, -0.1) is 0 Å². The highest BCUT2D eigenvalue weighted by Crippen LogP contribution is 2.48. The summed E-state index contributed by atoms with van der Waals surface area (Å²) in [6.07, 6.45) is 0.970. The van der Waals surface area contributed by atoms with Gasteiger partial charge in [0.25, 0.3) is 0 Å². The van der Waals surface area contributed by atoms with E-state index in [-0.39, 0.29) is 12.8 Å². The molecule has 1 fully saturated rings. The van der Waals surface area contributed by atoms with Crippen molar-refractivity contribution in [3.63, 3.8) is 0 Å². The van der Waals surface area contributed by atoms with Gasteiger partial charge in [0.1, 0.15) is 6.10 Å². The normalized spacial score (nSPS) is 22.6. The van der Waals surface area contributed by atoms with Crippen molar-refractivity contribution in [2.75, 3.05) is 6.61 Å². The minimum Gasteiger partial charge on any atom is -0.394 e. The molecule has 6 rings (SSSR count). The second-order valence-electron chi connectivity index (χ2n) is 9.87. The van der Waals surface area contributed by atoms with E-state index in [9.17, 15) is 15.3 Å². The zero-order valence-electron chi connectivity index (χ0n) is 19.8. The molecular weight excluding hydrogens is 454 g/mol. The highest BCUT2D eigenvalue weighted by molar-refractivity contribution is 5.90. The fourth-order valence-electron chi connectivity index (χ4n) is 5.32. The molecule has 0 aliphatic heterocycles. The Morgan fingerprint density at radius 1 is 1.03 bits per heavy atom. The van der Waals surface area contributed by atoms with Gasteiger partial charge in [0, 0.05) is 47.2 Å². The Bertz CT molecular complexity index is 1570. The number of nitrogens with zero attached hydrogens (tertiary/aromatic N) is 4. The largest absolute Gasteiger partial charge is 0.394 e. The van der Waals surface area contributed by atoms with Crippen molar-refractivity contribution in [1.29, 1.82) is 0 Å². The molecule has 0 spiro atoms. The van der Waals surface area contributed by atoms with E-state index in [1.165, 1.54) is 0 Å². The zero-order valence-corrected chi connectivity index (χ0v) is 19.8. The molecule has 8 nitrogen and oxygen atoms in total. The van der Waals surface area contributed by atoms with Gasteiger partial charge < -0.3 is 21.1 Å². The number of rotatable bonds is 5. The summed E-state index contributed by atoms with van der Waals surface area (Å²) < 4.78 is 1.77. The molecule has 1 saturated carbocycles. The van der Waals surface area contributed by atoms with Crippen molar-refractivity contribution in [2.45, 2.75) is 37.0 Å². The summed E-state index contributed by atoms with van der Waals surface area (Å²) in [6, 6.07) is 22.0. The molecule has 0 bridgehead atoms. The Morgan fingerprint density at radius 2 is 1.75 bits per heavy atom. The average molecular weight is 482 g/mol. The number of hydrogen-bond donors (Lipinski definition) is 4. The van der Waals surface area contributed by atoms with Gasteiger partial charge in [-0.25, -0.2) is 9.97 Å². The lowest BCUT2D eigenvalue weighted by Crippen LogP contribution is -2.65. The molecule has 3 heterocycles. The van der Waals surface area contributed by atoms with Gasteiger partial charge in [0.2, 0.25) is 0 Å². The van der Waals surface area contributed by atoms with Gasteiger partial charge in [-0.05, 0) is 24.1 Å². The molecule has 1 aliphatic rings. The fourth-order valence-corrected chi connectivity index (χ4v) is 5.32. The molecule has 0 saturated heterocycles. The number of aliphatic hydroxyl groups excluding tert-OH is 2. The molecule has 1 atom stereocenters. The number of aromatic nitrogens is 4. The maximum absolute atomic E-state index is 10.5. The first-order valence-corrected chi connectivity index (χ1v) is 11.9. The lowest BCUT2D eigenvalue weighted by Gasteiger charge is -2.53. The predicted octanol–water partition coefficient (Wildman–Crippen LogP) is 2.95. The Hall–Kier alpha value is -3.69. The summed E-state index contributed by atoms with van der Waals surface area (Å²) in [7, 11) is 0. The molecule has 5 N–H and O–H groups in total. The molecule has 2 aromatic carbocycles. The molecule has 8 heteroatoms. The monoisotopic (exact) mass is 481 g/mol. The van der Waals surface area contributed by atoms with Crippen LogP contribution in [0, 0.1) is 6.92 Å². The van der Waals surface area contributed by atoms with E-state index in [2.05, 4.69) is 28.3 Å². The standard InChI is InChI=1S/C28H27N5O3/c1-17-11-24-30-13-20-12-22(18-5-3-2-4-6-18)25(31-26(20)33(24)32-17)19-7-9-21(10-8-19)27(29)15-28(36,16-27)23(35)14-34/h2-13,23,34-36H,14-16,29H2,1H3/t23-,27-,28-/m1/s1. The second kappa shape index (κ2) is 8.18. The van der Waals surface area contributed by atoms with Crippen molar-refractivity contribution < 1.29 is 15.3 Å². The third-order valence-electron chi connectivity index (χ3n) is 7.23. The third-order valence-corrected chi connectivity index (χ3v) is 7.23. The second-order valence-corrected chi connectivity index (χ2v) is 9.87. The number of aryl methyl sites for hydroxylation is 1. The maximum atomic E-state index is 10.5. The molecule has 1 aliphatic carbocycles. The lowest BCUT2D eigenvalue weighted by atomic mass is 9.60. The van der Waals surface area contributed by atoms with E-state index >= 15 is 0 Å². The average Bonchev–Trinajstić information content (AvgIpc) is 3.28. The molecule has 0 radical (unpaired) electrons. The van der Waals surface area contributed by atoms with Gasteiger partial charge in [0.15, 0.2) is 11.3 Å². The lowest BCUT2D eigenvalue weighted by molar-refractivity contribution is -0.173. The fraction of sp³-hybridized carbons (Fsp3) is 0.250. The van der Waals surface area contributed by atoms with Crippen LogP contribution in [0.3, 0.4) is 0 Å². The topological polar surface area (TPSA) is 130 Å². The van der Waals surface area contributed by atoms with Gasteiger partial charge in [0.05, 0.1) is 23.6 Å². The Kier molecular flexibility index (Phi) is 5.17. The number of pyridine rings is 1. The molecule has 36 heavy (non-hydrogen) atoms. The zero-order chi connectivity index (χ0) is 25.1. The molecular formula is C28H27N5O3. The third kappa shape index (κ3) is 3.58. The van der Waals surface area contributed by atoms with Crippen LogP contribution < -0.4 is 5.73 Å². The van der Waals surface area contributed by atoms with E-state index in [1.54, 1.807) is 4.52 Å². The van der Waals surface area contributed by atoms with Crippen LogP contribution in [0.4, 0.5) is 0 Å². The van der Waals surface area contributed by atoms with Crippen LogP contribution in [0.15, 0.2) is 72.9 Å². The molecule has 182 valence electrons. The first kappa shape index (κ1) is 22.8. The van der Waals surface area contributed by atoms with E-state index in [4.69, 9.17) is 10.7 Å². The van der Waals surface area contributed by atoms with E-state index in [1.807, 2.05) is 61.7 Å². The Labute approximate surface area is 207 Å². The highest BCUT2D eigenvalue weighted by atomic mass is 16.4. The minimum absolute atomic E-state index is 0.175. The van der Waals surface area contributed by atoms with Crippen molar-refractivity contribution >= 4 is 16.7 Å². The van der Waals surface area contributed by atoms with Crippen molar-refractivity contribution in [2.24, 2.45) is 5.73 Å². The van der Waals surface area contributed by atoms with Gasteiger partial charge in [-0.2, -0.15) is 9.61 Å². The summed E-state index contributed by atoms with van der Waals surface area (Å²) >= 11 is 0. The Balaban J connectivity index is 1.45. The Morgan fingerprint density at radius 3 is 2.44 bits per heavy atom. The van der Waals surface area contributed by atoms with Crippen LogP contribution in [0.1, 0.15) is 24.1 Å². The minimum atomic E-state index is -1.37. The smallest absolute Gasteiger partial charge is 0.165 e. The quantitative estimate of drug-likeness (QED) is 0.304. The van der Waals surface area contributed by atoms with E-state index in [0.29, 0.717) is 0 Å². The molecule has 0 unspecified atom stereocenters. The maximum Gasteiger partial charge on any atom is 0.165 e. The first-order valence-electron chi connectivity index (χ1n) is 11.9. The van der Waals surface area contributed by atoms with Crippen LogP contribution in [-0.2, 0) is 5.54 Å². The summed E-state index contributed by atoms with van der Waals surface area (Å²) in [5, 5.41) is 35.2. The van der Waals surface area contributed by atoms with Crippen LogP contribution >= 0.6 is 0 Å². The van der Waals surface area contributed by atoms with Crippen LogP contribution in [-0.4, -0.2) is 53.2 Å². The molecule has 5 aromatic rings. The van der Waals surface area contributed by atoms with Crippen molar-refractivity contribution in [3.05, 3.63) is 84.2 Å².